The van der Waals surface area contributed by atoms with E-state index < -0.39 is 0 Å². The summed E-state index contributed by atoms with van der Waals surface area (Å²) in [5, 5.41) is 11.5. The first-order chi connectivity index (χ1) is 9.63. The molecule has 1 aromatic rings. The summed E-state index contributed by atoms with van der Waals surface area (Å²) in [5.41, 5.74) is 0.969. The maximum atomic E-state index is 10.8. The summed E-state index contributed by atoms with van der Waals surface area (Å²) in [5.74, 6) is 0. The van der Waals surface area contributed by atoms with Gasteiger partial charge in [0.2, 0.25) is 0 Å². The van der Waals surface area contributed by atoms with Crippen molar-refractivity contribution in [1.82, 2.24) is 9.80 Å². The molecule has 20 heavy (non-hydrogen) atoms. The van der Waals surface area contributed by atoms with Gasteiger partial charge in [0.15, 0.2) is 0 Å². The molecule has 108 valence electrons. The highest BCUT2D eigenvalue weighted by Crippen LogP contribution is 2.26. The molecular weight excluding hydrogens is 278 g/mol. The van der Waals surface area contributed by atoms with Crippen LogP contribution in [-0.2, 0) is 6.54 Å². The van der Waals surface area contributed by atoms with Crippen LogP contribution in [0.4, 0.5) is 5.69 Å². The molecule has 0 saturated carbocycles. The highest BCUT2D eigenvalue weighted by atomic mass is 35.5. The van der Waals surface area contributed by atoms with Gasteiger partial charge in [-0.05, 0) is 31.0 Å². The Balaban J connectivity index is 1.71. The number of benzene rings is 1. The Morgan fingerprint density at radius 3 is 3.00 bits per heavy atom. The monoisotopic (exact) mass is 295 g/mol. The first kappa shape index (κ1) is 13.8. The molecule has 0 amide bonds. The van der Waals surface area contributed by atoms with Gasteiger partial charge in [-0.15, -0.1) is 0 Å². The van der Waals surface area contributed by atoms with Crippen LogP contribution in [-0.4, -0.2) is 46.9 Å². The Labute approximate surface area is 123 Å². The van der Waals surface area contributed by atoms with Crippen molar-refractivity contribution in [2.24, 2.45) is 0 Å². The van der Waals surface area contributed by atoms with E-state index in [1.807, 2.05) is 0 Å². The van der Waals surface area contributed by atoms with E-state index in [0.717, 1.165) is 25.2 Å². The number of hydrogen-bond donors (Lipinski definition) is 0. The topological polar surface area (TPSA) is 49.6 Å². The molecular formula is C14H18ClN3O2. The number of nitrogens with zero attached hydrogens (tertiary/aromatic N) is 3. The molecule has 0 radical (unpaired) electrons. The van der Waals surface area contributed by atoms with Crippen molar-refractivity contribution < 1.29 is 4.92 Å². The number of nitro benzene ring substituents is 1. The summed E-state index contributed by atoms with van der Waals surface area (Å²) >= 11 is 6.17. The van der Waals surface area contributed by atoms with Crippen molar-refractivity contribution in [2.75, 3.05) is 26.2 Å². The summed E-state index contributed by atoms with van der Waals surface area (Å²) < 4.78 is 0. The Morgan fingerprint density at radius 1 is 1.35 bits per heavy atom. The standard InChI is InChI=1S/C14H18ClN3O2/c15-14-4-3-12(18(19)20)8-11(14)9-16-6-7-17-5-1-2-13(17)10-16/h3-4,8,13H,1-2,5-7,9-10H2. The number of rotatable bonds is 3. The lowest BCUT2D eigenvalue weighted by Crippen LogP contribution is -2.49. The van der Waals surface area contributed by atoms with E-state index in [2.05, 4.69) is 9.80 Å². The average Bonchev–Trinajstić information content (AvgIpc) is 2.88. The summed E-state index contributed by atoms with van der Waals surface area (Å²) in [6, 6.07) is 5.34. The Hall–Kier alpha value is -1.17. The Morgan fingerprint density at radius 2 is 2.20 bits per heavy atom. The van der Waals surface area contributed by atoms with E-state index in [1.54, 1.807) is 12.1 Å². The lowest BCUT2D eigenvalue weighted by atomic mass is 10.1. The van der Waals surface area contributed by atoms with Crippen LogP contribution < -0.4 is 0 Å². The van der Waals surface area contributed by atoms with Gasteiger partial charge in [-0.2, -0.15) is 0 Å². The molecule has 1 atom stereocenters. The minimum Gasteiger partial charge on any atom is -0.298 e. The first-order valence-electron chi connectivity index (χ1n) is 7.03. The summed E-state index contributed by atoms with van der Waals surface area (Å²) in [7, 11) is 0. The smallest absolute Gasteiger partial charge is 0.269 e. The fourth-order valence-electron chi connectivity index (χ4n) is 3.24. The number of hydrogen-bond acceptors (Lipinski definition) is 4. The van der Waals surface area contributed by atoms with Gasteiger partial charge in [0.1, 0.15) is 0 Å². The molecule has 3 rings (SSSR count). The van der Waals surface area contributed by atoms with Crippen LogP contribution in [0.15, 0.2) is 18.2 Å². The van der Waals surface area contributed by atoms with E-state index in [9.17, 15) is 10.1 Å². The predicted octanol–water partition coefficient (Wildman–Crippen LogP) is 2.53. The van der Waals surface area contributed by atoms with Gasteiger partial charge in [0.25, 0.3) is 5.69 Å². The fourth-order valence-corrected chi connectivity index (χ4v) is 3.41. The largest absolute Gasteiger partial charge is 0.298 e. The van der Waals surface area contributed by atoms with Crippen molar-refractivity contribution in [3.63, 3.8) is 0 Å². The van der Waals surface area contributed by atoms with E-state index >= 15 is 0 Å². The van der Waals surface area contributed by atoms with Gasteiger partial charge < -0.3 is 0 Å². The molecule has 0 bridgehead atoms. The number of halogens is 1. The SMILES string of the molecule is O=[N+]([O-])c1ccc(Cl)c(CN2CCN3CCCC3C2)c1. The first-order valence-corrected chi connectivity index (χ1v) is 7.40. The fraction of sp³-hybridized carbons (Fsp3) is 0.571. The molecule has 1 aromatic carbocycles. The van der Waals surface area contributed by atoms with Crippen molar-refractivity contribution in [3.8, 4) is 0 Å². The van der Waals surface area contributed by atoms with Crippen molar-refractivity contribution in [2.45, 2.75) is 25.4 Å². The van der Waals surface area contributed by atoms with Crippen molar-refractivity contribution >= 4 is 17.3 Å². The third-order valence-corrected chi connectivity index (χ3v) is 4.67. The minimum atomic E-state index is -0.366. The molecule has 6 heteroatoms. The molecule has 2 aliphatic heterocycles. The molecule has 2 saturated heterocycles. The zero-order chi connectivity index (χ0) is 14.1. The molecule has 2 heterocycles. The van der Waals surface area contributed by atoms with Gasteiger partial charge >= 0.3 is 0 Å². The summed E-state index contributed by atoms with van der Waals surface area (Å²) in [6.07, 6.45) is 2.55. The predicted molar refractivity (Wildman–Crippen MR) is 78.0 cm³/mol. The molecule has 0 spiro atoms. The Bertz CT molecular complexity index is 523. The number of piperazine rings is 1. The molecule has 1 unspecified atom stereocenters. The molecule has 0 aliphatic carbocycles. The van der Waals surface area contributed by atoms with E-state index in [0.29, 0.717) is 17.6 Å². The van der Waals surface area contributed by atoms with Crippen LogP contribution in [0.3, 0.4) is 0 Å². The van der Waals surface area contributed by atoms with Crippen molar-refractivity contribution in [1.29, 1.82) is 0 Å². The molecule has 0 N–H and O–H groups in total. The van der Waals surface area contributed by atoms with E-state index in [1.165, 1.54) is 25.5 Å². The second kappa shape index (κ2) is 5.68. The number of nitro groups is 1. The van der Waals surface area contributed by atoms with Crippen molar-refractivity contribution in [3.05, 3.63) is 38.9 Å². The number of fused-ring (bicyclic) bond motifs is 1. The molecule has 2 fully saturated rings. The Kier molecular flexibility index (Phi) is 3.92. The van der Waals surface area contributed by atoms with Crippen LogP contribution in [0.25, 0.3) is 0 Å². The summed E-state index contributed by atoms with van der Waals surface area (Å²) in [6.45, 7) is 5.06. The molecule has 5 nitrogen and oxygen atoms in total. The highest BCUT2D eigenvalue weighted by Gasteiger charge is 2.30. The number of non-ortho nitro benzene ring substituents is 1. The highest BCUT2D eigenvalue weighted by molar-refractivity contribution is 6.31. The molecule has 0 aromatic heterocycles. The molecule has 2 aliphatic rings. The van der Waals surface area contributed by atoms with E-state index in [4.69, 9.17) is 11.6 Å². The maximum Gasteiger partial charge on any atom is 0.269 e. The van der Waals surface area contributed by atoms with Crippen LogP contribution in [0.1, 0.15) is 18.4 Å². The quantitative estimate of drug-likeness (QED) is 0.635. The minimum absolute atomic E-state index is 0.115. The van der Waals surface area contributed by atoms with Gasteiger partial charge in [-0.1, -0.05) is 11.6 Å². The third-order valence-electron chi connectivity index (χ3n) is 4.31. The van der Waals surface area contributed by atoms with Gasteiger partial charge in [-0.3, -0.25) is 19.9 Å². The normalized spacial score (nSPS) is 23.8. The average molecular weight is 296 g/mol. The van der Waals surface area contributed by atoms with Crippen LogP contribution >= 0.6 is 11.6 Å². The van der Waals surface area contributed by atoms with Crippen LogP contribution in [0.2, 0.25) is 5.02 Å². The zero-order valence-corrected chi connectivity index (χ0v) is 12.1. The van der Waals surface area contributed by atoms with Gasteiger partial charge in [0.05, 0.1) is 4.92 Å². The zero-order valence-electron chi connectivity index (χ0n) is 11.3. The lowest BCUT2D eigenvalue weighted by molar-refractivity contribution is -0.384. The summed E-state index contributed by atoms with van der Waals surface area (Å²) in [4.78, 5) is 15.4. The second-order valence-electron chi connectivity index (χ2n) is 5.60. The van der Waals surface area contributed by atoms with Crippen LogP contribution in [0, 0.1) is 10.1 Å². The second-order valence-corrected chi connectivity index (χ2v) is 6.01. The lowest BCUT2D eigenvalue weighted by Gasteiger charge is -2.37. The van der Waals surface area contributed by atoms with E-state index in [-0.39, 0.29) is 10.6 Å². The van der Waals surface area contributed by atoms with Crippen LogP contribution in [0.5, 0.6) is 0 Å². The third kappa shape index (κ3) is 2.80. The maximum absolute atomic E-state index is 10.8. The van der Waals surface area contributed by atoms with Gasteiger partial charge in [-0.25, -0.2) is 0 Å². The van der Waals surface area contributed by atoms with Gasteiger partial charge in [0, 0.05) is 49.4 Å².